The van der Waals surface area contributed by atoms with E-state index in [1.807, 2.05) is 11.3 Å². The van der Waals surface area contributed by atoms with Gasteiger partial charge >= 0.3 is 0 Å². The first-order chi connectivity index (χ1) is 9.29. The molecule has 0 radical (unpaired) electrons. The zero-order valence-electron chi connectivity index (χ0n) is 11.5. The van der Waals surface area contributed by atoms with Crippen LogP contribution in [0.15, 0.2) is 47.8 Å². The maximum atomic E-state index is 5.93. The van der Waals surface area contributed by atoms with Crippen LogP contribution in [0.4, 0.5) is 0 Å². The predicted octanol–water partition coefficient (Wildman–Crippen LogP) is 3.14. The van der Waals surface area contributed by atoms with Crippen molar-refractivity contribution in [2.75, 3.05) is 13.6 Å². The van der Waals surface area contributed by atoms with E-state index in [0.717, 1.165) is 19.4 Å². The SMILES string of the molecule is CN(Cc1cccs1)C(CN)CCc1ccccc1. The number of hydrogen-bond donors (Lipinski definition) is 1. The quantitative estimate of drug-likeness (QED) is 0.840. The molecule has 0 bridgehead atoms. The Morgan fingerprint density at radius 2 is 1.95 bits per heavy atom. The number of nitrogens with zero attached hydrogens (tertiary/aromatic N) is 1. The summed E-state index contributed by atoms with van der Waals surface area (Å²) in [5.74, 6) is 0. The fraction of sp³-hybridized carbons (Fsp3) is 0.375. The summed E-state index contributed by atoms with van der Waals surface area (Å²) in [6.45, 7) is 1.71. The molecule has 1 aromatic heterocycles. The van der Waals surface area contributed by atoms with E-state index in [1.165, 1.54) is 10.4 Å². The number of nitrogens with two attached hydrogens (primary N) is 1. The highest BCUT2D eigenvalue weighted by atomic mass is 32.1. The van der Waals surface area contributed by atoms with Crippen molar-refractivity contribution >= 4 is 11.3 Å². The lowest BCUT2D eigenvalue weighted by Gasteiger charge is -2.26. The molecular formula is C16H22N2S. The maximum Gasteiger partial charge on any atom is 0.0328 e. The summed E-state index contributed by atoms with van der Waals surface area (Å²) in [6.07, 6.45) is 2.21. The van der Waals surface area contributed by atoms with Gasteiger partial charge in [-0.05, 0) is 36.9 Å². The molecule has 1 aromatic carbocycles. The van der Waals surface area contributed by atoms with Gasteiger partial charge in [0, 0.05) is 24.0 Å². The van der Waals surface area contributed by atoms with Crippen molar-refractivity contribution in [3.63, 3.8) is 0 Å². The lowest BCUT2D eigenvalue weighted by molar-refractivity contribution is 0.229. The van der Waals surface area contributed by atoms with Crippen molar-refractivity contribution < 1.29 is 0 Å². The van der Waals surface area contributed by atoms with Crippen molar-refractivity contribution in [2.24, 2.45) is 5.73 Å². The first-order valence-corrected chi connectivity index (χ1v) is 7.64. The minimum absolute atomic E-state index is 0.447. The van der Waals surface area contributed by atoms with Gasteiger partial charge in [-0.25, -0.2) is 0 Å². The zero-order valence-corrected chi connectivity index (χ0v) is 12.3. The summed E-state index contributed by atoms with van der Waals surface area (Å²) in [4.78, 5) is 3.77. The molecule has 19 heavy (non-hydrogen) atoms. The van der Waals surface area contributed by atoms with E-state index in [9.17, 15) is 0 Å². The molecule has 3 heteroatoms. The summed E-state index contributed by atoms with van der Waals surface area (Å²) in [5, 5.41) is 2.13. The minimum atomic E-state index is 0.447. The molecule has 1 heterocycles. The number of thiophene rings is 1. The summed E-state index contributed by atoms with van der Waals surface area (Å²) in [6, 6.07) is 15.4. The highest BCUT2D eigenvalue weighted by Crippen LogP contribution is 2.15. The third-order valence-electron chi connectivity index (χ3n) is 3.49. The standard InChI is InChI=1S/C16H22N2S/c1-18(13-16-8-5-11-19-16)15(12-17)10-9-14-6-3-2-4-7-14/h2-8,11,15H,9-10,12-13,17H2,1H3. The lowest BCUT2D eigenvalue weighted by Crippen LogP contribution is -2.37. The van der Waals surface area contributed by atoms with Crippen LogP contribution in [0.5, 0.6) is 0 Å². The van der Waals surface area contributed by atoms with Crippen LogP contribution in [-0.2, 0) is 13.0 Å². The second kappa shape index (κ2) is 7.43. The predicted molar refractivity (Wildman–Crippen MR) is 83.4 cm³/mol. The molecule has 2 N–H and O–H groups in total. The van der Waals surface area contributed by atoms with Crippen molar-refractivity contribution in [3.05, 3.63) is 58.3 Å². The van der Waals surface area contributed by atoms with Crippen LogP contribution in [0.25, 0.3) is 0 Å². The molecule has 0 saturated heterocycles. The van der Waals surface area contributed by atoms with Gasteiger partial charge in [-0.15, -0.1) is 11.3 Å². The third kappa shape index (κ3) is 4.46. The summed E-state index contributed by atoms with van der Waals surface area (Å²) in [7, 11) is 2.17. The fourth-order valence-electron chi connectivity index (χ4n) is 2.27. The first kappa shape index (κ1) is 14.3. The van der Waals surface area contributed by atoms with Crippen LogP contribution < -0.4 is 5.73 Å². The third-order valence-corrected chi connectivity index (χ3v) is 4.35. The second-order valence-corrected chi connectivity index (χ2v) is 5.94. The smallest absolute Gasteiger partial charge is 0.0328 e. The van der Waals surface area contributed by atoms with Crippen LogP contribution >= 0.6 is 11.3 Å². The van der Waals surface area contributed by atoms with Gasteiger partial charge < -0.3 is 5.73 Å². The molecule has 1 unspecified atom stereocenters. The second-order valence-electron chi connectivity index (χ2n) is 4.91. The van der Waals surface area contributed by atoms with Crippen molar-refractivity contribution in [1.82, 2.24) is 4.90 Å². The van der Waals surface area contributed by atoms with Gasteiger partial charge in [0.05, 0.1) is 0 Å². The van der Waals surface area contributed by atoms with Crippen molar-refractivity contribution in [2.45, 2.75) is 25.4 Å². The minimum Gasteiger partial charge on any atom is -0.329 e. The van der Waals surface area contributed by atoms with E-state index in [1.54, 1.807) is 0 Å². The Balaban J connectivity index is 1.85. The van der Waals surface area contributed by atoms with Gasteiger partial charge in [0.15, 0.2) is 0 Å². The molecule has 0 amide bonds. The Hall–Kier alpha value is -1.16. The van der Waals surface area contributed by atoms with E-state index in [2.05, 4.69) is 59.8 Å². The Labute approximate surface area is 119 Å². The molecule has 0 saturated carbocycles. The Bertz CT molecular complexity index is 453. The van der Waals surface area contributed by atoms with Crippen LogP contribution in [0.3, 0.4) is 0 Å². The Morgan fingerprint density at radius 1 is 1.16 bits per heavy atom. The molecule has 0 fully saturated rings. The van der Waals surface area contributed by atoms with E-state index < -0.39 is 0 Å². The number of hydrogen-bond acceptors (Lipinski definition) is 3. The first-order valence-electron chi connectivity index (χ1n) is 6.76. The number of aryl methyl sites for hydroxylation is 1. The molecule has 0 aliphatic carbocycles. The summed E-state index contributed by atoms with van der Waals surface area (Å²) in [5.41, 5.74) is 7.32. The topological polar surface area (TPSA) is 29.3 Å². The van der Waals surface area contributed by atoms with E-state index in [4.69, 9.17) is 5.73 Å². The van der Waals surface area contributed by atoms with E-state index >= 15 is 0 Å². The molecule has 0 spiro atoms. The average Bonchev–Trinajstić information content (AvgIpc) is 2.93. The van der Waals surface area contributed by atoms with Gasteiger partial charge in [-0.2, -0.15) is 0 Å². The number of likely N-dealkylation sites (N-methyl/N-ethyl adjacent to an activating group) is 1. The largest absolute Gasteiger partial charge is 0.329 e. The molecule has 102 valence electrons. The van der Waals surface area contributed by atoms with Gasteiger partial charge in [-0.1, -0.05) is 36.4 Å². The van der Waals surface area contributed by atoms with Crippen LogP contribution in [0.2, 0.25) is 0 Å². The molecule has 0 aliphatic heterocycles. The fourth-order valence-corrected chi connectivity index (χ4v) is 3.04. The van der Waals surface area contributed by atoms with Crippen LogP contribution in [-0.4, -0.2) is 24.5 Å². The highest BCUT2D eigenvalue weighted by molar-refractivity contribution is 7.09. The van der Waals surface area contributed by atoms with Crippen LogP contribution in [0, 0.1) is 0 Å². The number of rotatable bonds is 7. The molecule has 2 nitrogen and oxygen atoms in total. The highest BCUT2D eigenvalue weighted by Gasteiger charge is 2.13. The summed E-state index contributed by atoms with van der Waals surface area (Å²) >= 11 is 1.81. The van der Waals surface area contributed by atoms with Crippen LogP contribution in [0.1, 0.15) is 16.9 Å². The number of benzene rings is 1. The molecule has 0 aliphatic rings. The van der Waals surface area contributed by atoms with Gasteiger partial charge in [-0.3, -0.25) is 4.90 Å². The average molecular weight is 274 g/mol. The van der Waals surface area contributed by atoms with E-state index in [0.29, 0.717) is 12.6 Å². The Morgan fingerprint density at radius 3 is 2.58 bits per heavy atom. The van der Waals surface area contributed by atoms with Crippen molar-refractivity contribution in [1.29, 1.82) is 0 Å². The lowest BCUT2D eigenvalue weighted by atomic mass is 10.0. The molecular weight excluding hydrogens is 252 g/mol. The van der Waals surface area contributed by atoms with Gasteiger partial charge in [0.2, 0.25) is 0 Å². The normalized spacial score (nSPS) is 12.8. The molecule has 1 atom stereocenters. The molecule has 2 rings (SSSR count). The Kier molecular flexibility index (Phi) is 5.58. The molecule has 2 aromatic rings. The monoisotopic (exact) mass is 274 g/mol. The zero-order chi connectivity index (χ0) is 13.5. The van der Waals surface area contributed by atoms with E-state index in [-0.39, 0.29) is 0 Å². The van der Waals surface area contributed by atoms with Crippen molar-refractivity contribution in [3.8, 4) is 0 Å². The maximum absolute atomic E-state index is 5.93. The summed E-state index contributed by atoms with van der Waals surface area (Å²) < 4.78 is 0. The van der Waals surface area contributed by atoms with Gasteiger partial charge in [0.1, 0.15) is 0 Å². The van der Waals surface area contributed by atoms with Gasteiger partial charge in [0.25, 0.3) is 0 Å².